The van der Waals surface area contributed by atoms with Gasteiger partial charge < -0.3 is 19.4 Å². The summed E-state index contributed by atoms with van der Waals surface area (Å²) in [5, 5.41) is 0. The summed E-state index contributed by atoms with van der Waals surface area (Å²) in [4.78, 5) is 27.9. The van der Waals surface area contributed by atoms with Crippen molar-refractivity contribution in [1.29, 1.82) is 0 Å². The number of aromatic nitrogens is 2. The van der Waals surface area contributed by atoms with E-state index < -0.39 is 0 Å². The van der Waals surface area contributed by atoms with E-state index in [0.29, 0.717) is 30.7 Å². The van der Waals surface area contributed by atoms with Gasteiger partial charge in [-0.25, -0.2) is 9.97 Å². The molecule has 7 nitrogen and oxygen atoms in total. The van der Waals surface area contributed by atoms with Crippen LogP contribution < -0.4 is 4.90 Å². The van der Waals surface area contributed by atoms with E-state index in [9.17, 15) is 4.79 Å². The smallest absolute Gasteiger partial charge is 0.222 e. The summed E-state index contributed by atoms with van der Waals surface area (Å²) < 4.78 is 5.11. The van der Waals surface area contributed by atoms with Crippen LogP contribution in [0.5, 0.6) is 0 Å². The lowest BCUT2D eigenvalue weighted by molar-refractivity contribution is -0.133. The highest BCUT2D eigenvalue weighted by Crippen LogP contribution is 2.24. The van der Waals surface area contributed by atoms with Crippen molar-refractivity contribution in [2.24, 2.45) is 5.92 Å². The molecule has 3 rings (SSSR count). The molecular weight excluding hydrogens is 318 g/mol. The van der Waals surface area contributed by atoms with Gasteiger partial charge >= 0.3 is 0 Å². The van der Waals surface area contributed by atoms with Crippen molar-refractivity contribution < 1.29 is 9.53 Å². The zero-order chi connectivity index (χ0) is 17.6. The molecule has 2 aliphatic rings. The van der Waals surface area contributed by atoms with Crippen molar-refractivity contribution in [3.8, 4) is 0 Å². The normalized spacial score (nSPS) is 20.1. The van der Waals surface area contributed by atoms with Crippen molar-refractivity contribution in [1.82, 2.24) is 19.8 Å². The number of anilines is 1. The Balaban J connectivity index is 1.47. The minimum absolute atomic E-state index is 0.330. The third-order valence-corrected chi connectivity index (χ3v) is 5.22. The Morgan fingerprint density at radius 2 is 1.92 bits per heavy atom. The maximum absolute atomic E-state index is 12.5. The average Bonchev–Trinajstić information content (AvgIpc) is 2.63. The van der Waals surface area contributed by atoms with E-state index in [4.69, 9.17) is 4.74 Å². The molecule has 0 saturated carbocycles. The van der Waals surface area contributed by atoms with Crippen LogP contribution in [0.1, 0.15) is 25.1 Å². The van der Waals surface area contributed by atoms with Gasteiger partial charge in [0.05, 0.1) is 0 Å². The van der Waals surface area contributed by atoms with Gasteiger partial charge in [-0.1, -0.05) is 0 Å². The Bertz CT molecular complexity index is 566. The topological polar surface area (TPSA) is 61.8 Å². The largest absolute Gasteiger partial charge is 0.377 e. The number of amides is 1. The molecule has 0 bridgehead atoms. The van der Waals surface area contributed by atoms with Gasteiger partial charge in [-0.05, 0) is 31.9 Å². The highest BCUT2D eigenvalue weighted by molar-refractivity contribution is 5.76. The van der Waals surface area contributed by atoms with Crippen molar-refractivity contribution in [3.05, 3.63) is 18.1 Å². The Morgan fingerprint density at radius 3 is 2.60 bits per heavy atom. The minimum atomic E-state index is 0.330. The van der Waals surface area contributed by atoms with Crippen molar-refractivity contribution in [3.63, 3.8) is 0 Å². The van der Waals surface area contributed by atoms with Gasteiger partial charge in [0.1, 0.15) is 12.4 Å². The molecule has 3 heterocycles. The van der Waals surface area contributed by atoms with E-state index in [2.05, 4.69) is 26.8 Å². The van der Waals surface area contributed by atoms with Crippen LogP contribution in [-0.2, 0) is 16.1 Å². The van der Waals surface area contributed by atoms with Crippen LogP contribution in [-0.4, -0.2) is 79.1 Å². The number of rotatable bonds is 5. The molecule has 1 aromatic rings. The van der Waals surface area contributed by atoms with E-state index in [0.717, 1.165) is 57.9 Å². The maximum atomic E-state index is 12.5. The van der Waals surface area contributed by atoms with Crippen LogP contribution in [0.4, 0.5) is 5.82 Å². The predicted octanol–water partition coefficient (Wildman–Crippen LogP) is 1.00. The first-order valence-corrected chi connectivity index (χ1v) is 9.18. The molecule has 0 aliphatic carbocycles. The van der Waals surface area contributed by atoms with E-state index in [-0.39, 0.29) is 0 Å². The van der Waals surface area contributed by atoms with E-state index in [1.54, 1.807) is 13.3 Å². The van der Waals surface area contributed by atoms with Crippen LogP contribution in [0.15, 0.2) is 12.3 Å². The molecule has 2 fully saturated rings. The molecule has 2 aliphatic heterocycles. The third-order valence-electron chi connectivity index (χ3n) is 5.22. The summed E-state index contributed by atoms with van der Waals surface area (Å²) in [5.41, 5.74) is 0. The van der Waals surface area contributed by atoms with Crippen molar-refractivity contribution in [2.75, 3.05) is 58.3 Å². The second-order valence-electron chi connectivity index (χ2n) is 7.08. The molecule has 0 atom stereocenters. The van der Waals surface area contributed by atoms with E-state index in [1.807, 2.05) is 11.0 Å². The zero-order valence-corrected chi connectivity index (χ0v) is 15.4. The number of ether oxygens (including phenoxy) is 1. The van der Waals surface area contributed by atoms with Gasteiger partial charge in [0.15, 0.2) is 5.82 Å². The standard InChI is InChI=1S/C18H29N5O2/c1-21-9-11-23(12-10-21)18(24)13-15-4-7-22(8-5-15)17-3-6-19-16(20-17)14-25-2/h3,6,15H,4-5,7-14H2,1-2H3. The predicted molar refractivity (Wildman–Crippen MR) is 96.4 cm³/mol. The van der Waals surface area contributed by atoms with E-state index >= 15 is 0 Å². The highest BCUT2D eigenvalue weighted by Gasteiger charge is 2.26. The molecule has 0 N–H and O–H groups in total. The molecular formula is C18H29N5O2. The van der Waals surface area contributed by atoms with Crippen LogP contribution in [0.3, 0.4) is 0 Å². The van der Waals surface area contributed by atoms with Gasteiger partial charge in [0, 0.05) is 59.0 Å². The van der Waals surface area contributed by atoms with Gasteiger partial charge in [-0.15, -0.1) is 0 Å². The number of nitrogens with zero attached hydrogens (tertiary/aromatic N) is 5. The molecule has 0 radical (unpaired) electrons. The number of methoxy groups -OCH3 is 1. The van der Waals surface area contributed by atoms with Crippen LogP contribution in [0, 0.1) is 5.92 Å². The van der Waals surface area contributed by atoms with Gasteiger partial charge in [-0.2, -0.15) is 0 Å². The monoisotopic (exact) mass is 347 g/mol. The first kappa shape index (κ1) is 18.1. The quantitative estimate of drug-likeness (QED) is 0.792. The zero-order valence-electron chi connectivity index (χ0n) is 15.4. The summed E-state index contributed by atoms with van der Waals surface area (Å²) in [7, 11) is 3.77. The molecule has 138 valence electrons. The lowest BCUT2D eigenvalue weighted by Crippen LogP contribution is -2.47. The number of likely N-dealkylation sites (N-methyl/N-ethyl adjacent to an activating group) is 1. The average molecular weight is 347 g/mol. The maximum Gasteiger partial charge on any atom is 0.222 e. The Labute approximate surface area is 150 Å². The van der Waals surface area contributed by atoms with Crippen LogP contribution in [0.25, 0.3) is 0 Å². The molecule has 0 spiro atoms. The van der Waals surface area contributed by atoms with Crippen LogP contribution in [0.2, 0.25) is 0 Å². The first-order valence-electron chi connectivity index (χ1n) is 9.18. The Hall–Kier alpha value is -1.73. The fourth-order valence-electron chi connectivity index (χ4n) is 3.56. The highest BCUT2D eigenvalue weighted by atomic mass is 16.5. The number of piperidine rings is 1. The number of carbonyl (C=O) groups is 1. The molecule has 1 aromatic heterocycles. The minimum Gasteiger partial charge on any atom is -0.377 e. The second kappa shape index (κ2) is 8.58. The fourth-order valence-corrected chi connectivity index (χ4v) is 3.56. The first-order chi connectivity index (χ1) is 12.2. The van der Waals surface area contributed by atoms with Gasteiger partial charge in [0.25, 0.3) is 0 Å². The Morgan fingerprint density at radius 1 is 1.20 bits per heavy atom. The lowest BCUT2D eigenvalue weighted by atomic mass is 9.93. The van der Waals surface area contributed by atoms with E-state index in [1.165, 1.54) is 0 Å². The summed E-state index contributed by atoms with van der Waals surface area (Å²) >= 11 is 0. The molecule has 25 heavy (non-hydrogen) atoms. The molecule has 1 amide bonds. The van der Waals surface area contributed by atoms with Crippen LogP contribution >= 0.6 is 0 Å². The van der Waals surface area contributed by atoms with Crippen molar-refractivity contribution >= 4 is 11.7 Å². The van der Waals surface area contributed by atoms with Crippen molar-refractivity contribution in [2.45, 2.75) is 25.9 Å². The Kier molecular flexibility index (Phi) is 6.20. The number of carbonyl (C=O) groups excluding carboxylic acids is 1. The molecule has 0 unspecified atom stereocenters. The second-order valence-corrected chi connectivity index (χ2v) is 7.08. The fraction of sp³-hybridized carbons (Fsp3) is 0.722. The molecule has 7 heteroatoms. The molecule has 0 aromatic carbocycles. The third kappa shape index (κ3) is 4.89. The number of piperazine rings is 1. The van der Waals surface area contributed by atoms with Gasteiger partial charge in [0.2, 0.25) is 5.91 Å². The summed E-state index contributed by atoms with van der Waals surface area (Å²) in [6.45, 7) is 6.05. The summed E-state index contributed by atoms with van der Waals surface area (Å²) in [6.07, 6.45) is 4.57. The SMILES string of the molecule is COCc1nccc(N2CCC(CC(=O)N3CCN(C)CC3)CC2)n1. The lowest BCUT2D eigenvalue weighted by Gasteiger charge is -2.35. The number of hydrogen-bond acceptors (Lipinski definition) is 6. The summed E-state index contributed by atoms with van der Waals surface area (Å²) in [5.74, 6) is 2.50. The molecule has 2 saturated heterocycles. The van der Waals surface area contributed by atoms with Gasteiger partial charge in [-0.3, -0.25) is 4.79 Å². The summed E-state index contributed by atoms with van der Waals surface area (Å²) in [6, 6.07) is 1.95. The number of hydrogen-bond donors (Lipinski definition) is 0.